The highest BCUT2D eigenvalue weighted by Crippen LogP contribution is 2.25. The largest absolute Gasteiger partial charge is 0.487 e. The van der Waals surface area contributed by atoms with Crippen LogP contribution in [0.3, 0.4) is 0 Å². The molecule has 0 saturated carbocycles. The number of ether oxygens (including phenoxy) is 1. The molecule has 0 atom stereocenters. The molecule has 0 aliphatic heterocycles. The molecule has 0 spiro atoms. The van der Waals surface area contributed by atoms with E-state index in [0.29, 0.717) is 16.3 Å². The lowest BCUT2D eigenvalue weighted by Gasteiger charge is -2.07. The molecule has 19 heavy (non-hydrogen) atoms. The van der Waals surface area contributed by atoms with Crippen LogP contribution in [0.4, 0.5) is 10.1 Å². The van der Waals surface area contributed by atoms with Gasteiger partial charge in [-0.25, -0.2) is 4.39 Å². The van der Waals surface area contributed by atoms with E-state index in [1.54, 1.807) is 24.3 Å². The second-order valence-corrected chi connectivity index (χ2v) is 4.20. The number of rotatable bonds is 4. The van der Waals surface area contributed by atoms with Crippen molar-refractivity contribution in [2.75, 3.05) is 0 Å². The number of nitro groups is 1. The van der Waals surface area contributed by atoms with Gasteiger partial charge in [0.1, 0.15) is 18.2 Å². The summed E-state index contributed by atoms with van der Waals surface area (Å²) in [5, 5.41) is 11.0. The number of para-hydroxylation sites is 1. The molecule has 0 aliphatic rings. The van der Waals surface area contributed by atoms with Gasteiger partial charge in [0.05, 0.1) is 16.0 Å². The van der Waals surface area contributed by atoms with Crippen molar-refractivity contribution < 1.29 is 14.1 Å². The highest BCUT2D eigenvalue weighted by molar-refractivity contribution is 6.32. The summed E-state index contributed by atoms with van der Waals surface area (Å²) in [6, 6.07) is 10.1. The van der Waals surface area contributed by atoms with Gasteiger partial charge >= 0.3 is 0 Å². The fraction of sp³-hybridized carbons (Fsp3) is 0.0769. The van der Waals surface area contributed by atoms with Crippen LogP contribution in [0.1, 0.15) is 5.56 Å². The number of halogens is 2. The minimum atomic E-state index is -0.674. The van der Waals surface area contributed by atoms with E-state index in [1.165, 1.54) is 12.1 Å². The second kappa shape index (κ2) is 5.67. The van der Waals surface area contributed by atoms with E-state index in [2.05, 4.69) is 0 Å². The van der Waals surface area contributed by atoms with Crippen molar-refractivity contribution in [1.82, 2.24) is 0 Å². The van der Waals surface area contributed by atoms with Gasteiger partial charge in [-0.05, 0) is 23.8 Å². The lowest BCUT2D eigenvalue weighted by molar-refractivity contribution is -0.385. The Morgan fingerprint density at radius 2 is 2.00 bits per heavy atom. The summed E-state index contributed by atoms with van der Waals surface area (Å²) in [5.74, 6) is -0.233. The summed E-state index contributed by atoms with van der Waals surface area (Å²) in [4.78, 5) is 9.96. The maximum atomic E-state index is 13.2. The van der Waals surface area contributed by atoms with Crippen LogP contribution in [0.25, 0.3) is 0 Å². The average Bonchev–Trinajstić information content (AvgIpc) is 2.37. The smallest absolute Gasteiger partial charge is 0.272 e. The normalized spacial score (nSPS) is 10.2. The third kappa shape index (κ3) is 3.42. The zero-order valence-electron chi connectivity index (χ0n) is 9.68. The van der Waals surface area contributed by atoms with Gasteiger partial charge < -0.3 is 4.74 Å². The Bertz CT molecular complexity index is 619. The van der Waals surface area contributed by atoms with E-state index in [1.807, 2.05) is 0 Å². The molecular weight excluding hydrogens is 273 g/mol. The molecule has 6 heteroatoms. The van der Waals surface area contributed by atoms with E-state index in [9.17, 15) is 14.5 Å². The Morgan fingerprint density at radius 1 is 1.26 bits per heavy atom. The van der Waals surface area contributed by atoms with Gasteiger partial charge in [0, 0.05) is 6.07 Å². The van der Waals surface area contributed by atoms with Crippen LogP contribution < -0.4 is 4.74 Å². The van der Waals surface area contributed by atoms with Gasteiger partial charge in [0.2, 0.25) is 0 Å². The lowest BCUT2D eigenvalue weighted by atomic mass is 10.2. The Labute approximate surface area is 113 Å². The molecular formula is C13H9ClFNO3. The zero-order valence-corrected chi connectivity index (χ0v) is 10.4. The van der Waals surface area contributed by atoms with Crippen LogP contribution in [0.15, 0.2) is 42.5 Å². The molecule has 0 fully saturated rings. The summed E-state index contributed by atoms with van der Waals surface area (Å²) in [6.07, 6.45) is 0. The first-order chi connectivity index (χ1) is 9.06. The van der Waals surface area contributed by atoms with Gasteiger partial charge in [-0.2, -0.15) is 0 Å². The minimum Gasteiger partial charge on any atom is -0.487 e. The predicted octanol–water partition coefficient (Wildman–Crippen LogP) is 3.97. The van der Waals surface area contributed by atoms with E-state index >= 15 is 0 Å². The van der Waals surface area contributed by atoms with Crippen LogP contribution in [0.5, 0.6) is 5.75 Å². The van der Waals surface area contributed by atoms with Crippen molar-refractivity contribution in [2.24, 2.45) is 0 Å². The van der Waals surface area contributed by atoms with Crippen molar-refractivity contribution >= 4 is 17.3 Å². The minimum absolute atomic E-state index is 0.00231. The molecule has 0 amide bonds. The number of non-ortho nitro benzene ring substituents is 1. The number of benzene rings is 2. The van der Waals surface area contributed by atoms with Crippen LogP contribution in [0.2, 0.25) is 5.02 Å². The summed E-state index contributed by atoms with van der Waals surface area (Å²) in [7, 11) is 0. The molecule has 0 radical (unpaired) electrons. The molecule has 0 heterocycles. The molecule has 0 N–H and O–H groups in total. The van der Waals surface area contributed by atoms with Crippen molar-refractivity contribution in [3.8, 4) is 5.75 Å². The summed E-state index contributed by atoms with van der Waals surface area (Å²) in [5.41, 5.74) is 0.0596. The third-order valence-electron chi connectivity index (χ3n) is 2.38. The molecule has 0 aliphatic carbocycles. The Hall–Kier alpha value is -2.14. The van der Waals surface area contributed by atoms with Gasteiger partial charge in [0.25, 0.3) is 5.69 Å². The first-order valence-electron chi connectivity index (χ1n) is 5.37. The molecule has 0 bridgehead atoms. The molecule has 4 nitrogen and oxygen atoms in total. The quantitative estimate of drug-likeness (QED) is 0.629. The maximum Gasteiger partial charge on any atom is 0.272 e. The molecule has 2 rings (SSSR count). The van der Waals surface area contributed by atoms with Crippen LogP contribution >= 0.6 is 11.6 Å². The number of hydrogen-bond acceptors (Lipinski definition) is 3. The van der Waals surface area contributed by atoms with Crippen molar-refractivity contribution in [1.29, 1.82) is 0 Å². The Balaban J connectivity index is 2.16. The lowest BCUT2D eigenvalue weighted by Crippen LogP contribution is -1.98. The van der Waals surface area contributed by atoms with Gasteiger partial charge in [-0.3, -0.25) is 10.1 Å². The average molecular weight is 282 g/mol. The second-order valence-electron chi connectivity index (χ2n) is 3.79. The van der Waals surface area contributed by atoms with E-state index in [0.717, 1.165) is 6.07 Å². The topological polar surface area (TPSA) is 52.4 Å². The van der Waals surface area contributed by atoms with E-state index < -0.39 is 10.7 Å². The molecule has 2 aromatic carbocycles. The maximum absolute atomic E-state index is 13.2. The Morgan fingerprint density at radius 3 is 2.68 bits per heavy atom. The summed E-state index contributed by atoms with van der Waals surface area (Å²) < 4.78 is 18.6. The monoisotopic (exact) mass is 281 g/mol. The van der Waals surface area contributed by atoms with E-state index in [-0.39, 0.29) is 12.3 Å². The molecule has 0 unspecified atom stereocenters. The van der Waals surface area contributed by atoms with E-state index in [4.69, 9.17) is 16.3 Å². The third-order valence-corrected chi connectivity index (χ3v) is 2.70. The fourth-order valence-corrected chi connectivity index (χ4v) is 1.74. The van der Waals surface area contributed by atoms with Crippen LogP contribution in [0, 0.1) is 15.9 Å². The molecule has 0 saturated heterocycles. The van der Waals surface area contributed by atoms with Crippen molar-refractivity contribution in [3.63, 3.8) is 0 Å². The molecule has 0 aromatic heterocycles. The van der Waals surface area contributed by atoms with Crippen LogP contribution in [-0.2, 0) is 6.61 Å². The van der Waals surface area contributed by atoms with Crippen LogP contribution in [-0.4, -0.2) is 4.92 Å². The molecule has 98 valence electrons. The number of hydrogen-bond donors (Lipinski definition) is 0. The predicted molar refractivity (Wildman–Crippen MR) is 68.8 cm³/mol. The number of nitrogens with zero attached hydrogens (tertiary/aromatic N) is 1. The zero-order chi connectivity index (χ0) is 13.8. The summed E-state index contributed by atoms with van der Waals surface area (Å²) in [6.45, 7) is 0.00231. The number of nitro benzene ring substituents is 1. The van der Waals surface area contributed by atoms with Crippen molar-refractivity contribution in [3.05, 3.63) is 69.0 Å². The Kier molecular flexibility index (Phi) is 3.97. The standard InChI is InChI=1S/C13H9ClFNO3/c14-12-3-1-2-4-13(12)19-8-9-5-10(15)7-11(6-9)16(17)18/h1-7H,8H2. The first-order valence-corrected chi connectivity index (χ1v) is 5.75. The highest BCUT2D eigenvalue weighted by Gasteiger charge is 2.10. The van der Waals surface area contributed by atoms with Crippen molar-refractivity contribution in [2.45, 2.75) is 6.61 Å². The summed E-state index contributed by atoms with van der Waals surface area (Å²) >= 11 is 5.90. The van der Waals surface area contributed by atoms with Gasteiger partial charge in [-0.1, -0.05) is 23.7 Å². The van der Waals surface area contributed by atoms with Gasteiger partial charge in [0.15, 0.2) is 0 Å². The fourth-order valence-electron chi connectivity index (χ4n) is 1.54. The first kappa shape index (κ1) is 13.3. The molecule has 2 aromatic rings. The highest BCUT2D eigenvalue weighted by atomic mass is 35.5. The SMILES string of the molecule is O=[N+]([O-])c1cc(F)cc(COc2ccccc2Cl)c1. The van der Waals surface area contributed by atoms with Gasteiger partial charge in [-0.15, -0.1) is 0 Å².